The number of urea groups is 1. The van der Waals surface area contributed by atoms with Gasteiger partial charge < -0.3 is 10.2 Å². The fourth-order valence-corrected chi connectivity index (χ4v) is 4.82. The number of hydrogen-bond donors (Lipinski definition) is 2. The summed E-state index contributed by atoms with van der Waals surface area (Å²) in [5, 5.41) is 6.03. The number of para-hydroxylation sites is 1. The number of benzene rings is 3. The maximum atomic E-state index is 13.7. The third-order valence-electron chi connectivity index (χ3n) is 6.62. The van der Waals surface area contributed by atoms with E-state index in [4.69, 9.17) is 0 Å². The highest BCUT2D eigenvalue weighted by molar-refractivity contribution is 6.08. The summed E-state index contributed by atoms with van der Waals surface area (Å²) in [5.41, 5.74) is 2.72. The molecule has 172 valence electrons. The van der Waals surface area contributed by atoms with Gasteiger partial charge in [0.1, 0.15) is 5.82 Å². The van der Waals surface area contributed by atoms with Crippen LogP contribution in [0.2, 0.25) is 0 Å². The molecular weight excluding hydrogens is 447 g/mol. The van der Waals surface area contributed by atoms with Crippen molar-refractivity contribution in [3.05, 3.63) is 102 Å². The number of fused-ring (bicyclic) bond motifs is 2. The van der Waals surface area contributed by atoms with E-state index in [-0.39, 0.29) is 24.6 Å². The van der Waals surface area contributed by atoms with Crippen LogP contribution in [0, 0.1) is 5.82 Å². The van der Waals surface area contributed by atoms with Gasteiger partial charge in [-0.05, 0) is 41.0 Å². The number of imide groups is 1. The smallest absolute Gasteiger partial charge is 0.322 e. The molecule has 0 unspecified atom stereocenters. The van der Waals surface area contributed by atoms with Crippen LogP contribution in [0.5, 0.6) is 0 Å². The Morgan fingerprint density at radius 1 is 0.943 bits per heavy atom. The normalized spacial score (nSPS) is 19.1. The first-order valence-electron chi connectivity index (χ1n) is 11.1. The Morgan fingerprint density at radius 3 is 2.51 bits per heavy atom. The molecule has 7 nitrogen and oxygen atoms in total. The number of pyridine rings is 1. The summed E-state index contributed by atoms with van der Waals surface area (Å²) in [6.45, 7) is 0.136. The fraction of sp³-hybridized carbons (Fsp3) is 0.111. The second-order valence-electron chi connectivity index (χ2n) is 8.77. The quantitative estimate of drug-likeness (QED) is 0.449. The van der Waals surface area contributed by atoms with Gasteiger partial charge >= 0.3 is 6.03 Å². The van der Waals surface area contributed by atoms with Gasteiger partial charge in [-0.25, -0.2) is 9.18 Å². The molecule has 6 rings (SSSR count). The number of aromatic nitrogens is 1. The van der Waals surface area contributed by atoms with Crippen molar-refractivity contribution < 1.29 is 18.8 Å². The minimum atomic E-state index is -1.46. The number of hydrogen-bond acceptors (Lipinski definition) is 4. The van der Waals surface area contributed by atoms with E-state index in [1.165, 1.54) is 17.0 Å². The van der Waals surface area contributed by atoms with Crippen LogP contribution in [-0.2, 0) is 16.9 Å². The molecule has 0 radical (unpaired) electrons. The number of halogens is 1. The van der Waals surface area contributed by atoms with Gasteiger partial charge in [0.2, 0.25) is 0 Å². The van der Waals surface area contributed by atoms with Crippen LogP contribution in [-0.4, -0.2) is 34.3 Å². The van der Waals surface area contributed by atoms with E-state index in [1.54, 1.807) is 24.4 Å². The minimum Gasteiger partial charge on any atom is -0.331 e. The topological polar surface area (TPSA) is 91.4 Å². The van der Waals surface area contributed by atoms with Crippen LogP contribution >= 0.6 is 0 Å². The lowest BCUT2D eigenvalue weighted by Gasteiger charge is -2.31. The van der Waals surface area contributed by atoms with Gasteiger partial charge in [-0.15, -0.1) is 0 Å². The van der Waals surface area contributed by atoms with Crippen molar-refractivity contribution in [1.82, 2.24) is 20.5 Å². The number of carbonyl (C=O) groups excluding carboxylic acids is 3. The largest absolute Gasteiger partial charge is 0.331 e. The van der Waals surface area contributed by atoms with Crippen LogP contribution in [0.4, 0.5) is 9.18 Å². The summed E-state index contributed by atoms with van der Waals surface area (Å²) in [6.07, 6.45) is 1.79. The van der Waals surface area contributed by atoms with E-state index in [2.05, 4.69) is 15.6 Å². The molecule has 0 aliphatic carbocycles. The Hall–Kier alpha value is -4.59. The maximum Gasteiger partial charge on any atom is 0.322 e. The molecule has 1 atom stereocenters. The lowest BCUT2D eigenvalue weighted by atomic mass is 9.88. The lowest BCUT2D eigenvalue weighted by molar-refractivity contribution is -0.124. The number of amides is 4. The van der Waals surface area contributed by atoms with Gasteiger partial charge in [0, 0.05) is 29.3 Å². The van der Waals surface area contributed by atoms with Crippen LogP contribution in [0.3, 0.4) is 0 Å². The first kappa shape index (κ1) is 21.0. The maximum absolute atomic E-state index is 13.7. The lowest BCUT2D eigenvalue weighted by Crippen LogP contribution is -2.52. The second-order valence-corrected chi connectivity index (χ2v) is 8.77. The van der Waals surface area contributed by atoms with Gasteiger partial charge in [-0.3, -0.25) is 19.9 Å². The third-order valence-corrected chi connectivity index (χ3v) is 6.62. The summed E-state index contributed by atoms with van der Waals surface area (Å²) < 4.78 is 13.7. The zero-order valence-electron chi connectivity index (χ0n) is 18.4. The predicted molar refractivity (Wildman–Crippen MR) is 127 cm³/mol. The molecule has 35 heavy (non-hydrogen) atoms. The van der Waals surface area contributed by atoms with E-state index in [0.29, 0.717) is 11.1 Å². The molecule has 2 N–H and O–H groups in total. The van der Waals surface area contributed by atoms with Gasteiger partial charge in [-0.2, -0.15) is 0 Å². The van der Waals surface area contributed by atoms with Gasteiger partial charge in [0.25, 0.3) is 11.8 Å². The van der Waals surface area contributed by atoms with E-state index in [0.717, 1.165) is 22.0 Å². The average molecular weight is 466 g/mol. The predicted octanol–water partition coefficient (Wildman–Crippen LogP) is 3.73. The molecule has 2 aliphatic heterocycles. The first-order valence-corrected chi connectivity index (χ1v) is 11.1. The molecule has 2 aliphatic rings. The van der Waals surface area contributed by atoms with Crippen LogP contribution in [0.15, 0.2) is 79.0 Å². The van der Waals surface area contributed by atoms with Crippen LogP contribution in [0.1, 0.15) is 21.5 Å². The Bertz CT molecular complexity index is 1540. The minimum absolute atomic E-state index is 0.0867. The summed E-state index contributed by atoms with van der Waals surface area (Å²) in [7, 11) is 0. The zero-order valence-corrected chi connectivity index (χ0v) is 18.4. The van der Waals surface area contributed by atoms with Crippen LogP contribution in [0.25, 0.3) is 22.0 Å². The van der Waals surface area contributed by atoms with Crippen molar-refractivity contribution in [3.63, 3.8) is 0 Å². The molecule has 3 aromatic carbocycles. The number of nitrogens with zero attached hydrogens (tertiary/aromatic N) is 2. The van der Waals surface area contributed by atoms with Gasteiger partial charge in [-0.1, -0.05) is 48.5 Å². The monoisotopic (exact) mass is 466 g/mol. The van der Waals surface area contributed by atoms with Crippen molar-refractivity contribution in [3.8, 4) is 11.1 Å². The fourth-order valence-electron chi connectivity index (χ4n) is 4.82. The molecule has 3 heterocycles. The molecule has 0 saturated carbocycles. The summed E-state index contributed by atoms with van der Waals surface area (Å²) in [6, 6.07) is 20.5. The Morgan fingerprint density at radius 2 is 1.74 bits per heavy atom. The van der Waals surface area contributed by atoms with Crippen molar-refractivity contribution >= 4 is 28.7 Å². The number of rotatable bonds is 4. The van der Waals surface area contributed by atoms with Crippen molar-refractivity contribution in [2.24, 2.45) is 0 Å². The summed E-state index contributed by atoms with van der Waals surface area (Å²) in [4.78, 5) is 44.1. The first-order chi connectivity index (χ1) is 16.9. The molecule has 4 amide bonds. The van der Waals surface area contributed by atoms with E-state index >= 15 is 0 Å². The highest BCUT2D eigenvalue weighted by Crippen LogP contribution is 2.33. The molecule has 0 bridgehead atoms. The summed E-state index contributed by atoms with van der Waals surface area (Å²) in [5.74, 6) is -1.43. The number of carbonyl (C=O) groups is 3. The molecule has 0 spiro atoms. The molecule has 4 aromatic rings. The summed E-state index contributed by atoms with van der Waals surface area (Å²) >= 11 is 0. The SMILES string of the molecule is O=C1NC(=O)[C@](CN2Cc3ccc(F)cc3C2=O)(c2ccc(-c3cnc4ccccc4c3)cc2)N1. The highest BCUT2D eigenvalue weighted by Gasteiger charge is 2.50. The van der Waals surface area contributed by atoms with Crippen molar-refractivity contribution in [1.29, 1.82) is 0 Å². The Labute approximate surface area is 199 Å². The van der Waals surface area contributed by atoms with Crippen molar-refractivity contribution in [2.45, 2.75) is 12.1 Å². The second kappa shape index (κ2) is 7.73. The highest BCUT2D eigenvalue weighted by atomic mass is 19.1. The van der Waals surface area contributed by atoms with Gasteiger partial charge in [0.05, 0.1) is 12.1 Å². The average Bonchev–Trinajstić information content (AvgIpc) is 3.33. The number of nitrogens with one attached hydrogen (secondary N) is 2. The molecular formula is C27H19FN4O3. The third kappa shape index (κ3) is 3.42. The standard InChI is InChI=1S/C27H19FN4O3/c28-21-10-7-18-14-32(24(33)22(18)12-21)15-27(25(34)30-26(35)31-27)20-8-5-16(6-9-20)19-11-17-3-1-2-4-23(17)29-13-19/h1-13H,14-15H2,(H2,30,31,34,35)/t27-/m0/s1. The van der Waals surface area contributed by atoms with E-state index < -0.39 is 23.3 Å². The van der Waals surface area contributed by atoms with E-state index in [9.17, 15) is 18.8 Å². The molecule has 8 heteroatoms. The van der Waals surface area contributed by atoms with Crippen LogP contribution < -0.4 is 10.6 Å². The Balaban J connectivity index is 1.34. The molecule has 1 fully saturated rings. The molecule has 1 aromatic heterocycles. The molecule has 1 saturated heterocycles. The van der Waals surface area contributed by atoms with Gasteiger partial charge in [0.15, 0.2) is 5.54 Å². The zero-order chi connectivity index (χ0) is 24.2. The van der Waals surface area contributed by atoms with Crippen molar-refractivity contribution in [2.75, 3.05) is 6.54 Å². The van der Waals surface area contributed by atoms with E-state index in [1.807, 2.05) is 42.5 Å². The Kier molecular flexibility index (Phi) is 4.63.